The van der Waals surface area contributed by atoms with Gasteiger partial charge in [-0.1, -0.05) is 35.3 Å². The van der Waals surface area contributed by atoms with Crippen LogP contribution >= 0.6 is 23.2 Å². The Balaban J connectivity index is 1.94. The molecule has 0 saturated heterocycles. The molecule has 132 valence electrons. The Morgan fingerprint density at radius 3 is 2.56 bits per heavy atom. The van der Waals surface area contributed by atoms with E-state index in [1.165, 1.54) is 13.3 Å². The van der Waals surface area contributed by atoms with Crippen molar-refractivity contribution in [3.8, 4) is 17.2 Å². The first-order chi connectivity index (χ1) is 12.1. The van der Waals surface area contributed by atoms with Crippen molar-refractivity contribution in [3.05, 3.63) is 52.0 Å². The molecule has 8 heteroatoms. The lowest BCUT2D eigenvalue weighted by Crippen LogP contribution is -2.24. The molecule has 0 aliphatic heterocycles. The fourth-order valence-electron chi connectivity index (χ4n) is 1.96. The summed E-state index contributed by atoms with van der Waals surface area (Å²) in [7, 11) is 3.06. The highest BCUT2D eigenvalue weighted by Crippen LogP contribution is 2.31. The number of ether oxygens (including phenoxy) is 3. The molecule has 2 aromatic carbocycles. The van der Waals surface area contributed by atoms with Gasteiger partial charge in [0.25, 0.3) is 5.91 Å². The van der Waals surface area contributed by atoms with Crippen molar-refractivity contribution < 1.29 is 19.0 Å². The van der Waals surface area contributed by atoms with Crippen LogP contribution in [0.5, 0.6) is 17.2 Å². The van der Waals surface area contributed by atoms with Gasteiger partial charge >= 0.3 is 0 Å². The first-order valence-electron chi connectivity index (χ1n) is 7.16. The number of halogens is 2. The molecule has 6 nitrogen and oxygen atoms in total. The summed E-state index contributed by atoms with van der Waals surface area (Å²) in [6.45, 7) is -0.257. The first-order valence-corrected chi connectivity index (χ1v) is 7.92. The fraction of sp³-hybridized carbons (Fsp3) is 0.176. The van der Waals surface area contributed by atoms with Gasteiger partial charge in [-0.15, -0.1) is 0 Å². The number of amides is 1. The maximum atomic E-state index is 11.8. The third kappa shape index (κ3) is 5.01. The van der Waals surface area contributed by atoms with E-state index in [4.69, 9.17) is 37.4 Å². The third-order valence-corrected chi connectivity index (χ3v) is 3.90. The van der Waals surface area contributed by atoms with Crippen LogP contribution < -0.4 is 19.6 Å². The Kier molecular flexibility index (Phi) is 6.91. The molecule has 0 spiro atoms. The molecule has 2 rings (SSSR count). The van der Waals surface area contributed by atoms with Gasteiger partial charge in [-0.2, -0.15) is 5.10 Å². The van der Waals surface area contributed by atoms with Crippen LogP contribution in [0.25, 0.3) is 0 Å². The van der Waals surface area contributed by atoms with E-state index in [2.05, 4.69) is 10.5 Å². The second kappa shape index (κ2) is 9.15. The van der Waals surface area contributed by atoms with Gasteiger partial charge in [-0.25, -0.2) is 5.43 Å². The van der Waals surface area contributed by atoms with Crippen LogP contribution in [0.15, 0.2) is 41.5 Å². The molecular formula is C17H16Cl2N2O4. The van der Waals surface area contributed by atoms with Crippen LogP contribution in [-0.2, 0) is 4.79 Å². The lowest BCUT2D eigenvalue weighted by molar-refractivity contribution is -0.123. The molecule has 0 bridgehead atoms. The number of para-hydroxylation sites is 1. The summed E-state index contributed by atoms with van der Waals surface area (Å²) < 4.78 is 15.8. The monoisotopic (exact) mass is 382 g/mol. The van der Waals surface area contributed by atoms with Crippen LogP contribution in [0.2, 0.25) is 10.0 Å². The molecule has 0 aliphatic rings. The number of rotatable bonds is 7. The summed E-state index contributed by atoms with van der Waals surface area (Å²) in [5.41, 5.74) is 3.01. The van der Waals surface area contributed by atoms with Crippen molar-refractivity contribution in [2.45, 2.75) is 0 Å². The smallest absolute Gasteiger partial charge is 0.277 e. The predicted octanol–water partition coefficient (Wildman–Crippen LogP) is 3.54. The average Bonchev–Trinajstić information content (AvgIpc) is 2.62. The number of carbonyl (C=O) groups is 1. The lowest BCUT2D eigenvalue weighted by Gasteiger charge is -2.09. The van der Waals surface area contributed by atoms with Gasteiger partial charge in [0.1, 0.15) is 10.8 Å². The van der Waals surface area contributed by atoms with Gasteiger partial charge in [0.05, 0.1) is 25.5 Å². The molecule has 0 atom stereocenters. The minimum atomic E-state index is -0.450. The Morgan fingerprint density at radius 2 is 1.84 bits per heavy atom. The van der Waals surface area contributed by atoms with E-state index in [0.717, 1.165) is 0 Å². The van der Waals surface area contributed by atoms with Crippen LogP contribution in [0.4, 0.5) is 0 Å². The molecule has 1 amide bonds. The Morgan fingerprint density at radius 1 is 1.12 bits per heavy atom. The standard InChI is InChI=1S/C17H16Cl2N2O4/c1-23-14-8-3-5-11(17(14)24-2)9-20-21-15(22)10-25-13-7-4-6-12(18)16(13)19/h3-9H,10H2,1-2H3,(H,21,22)/b20-9-. The number of nitrogens with zero attached hydrogens (tertiary/aromatic N) is 1. The van der Waals surface area contributed by atoms with Crippen LogP contribution in [0.3, 0.4) is 0 Å². The van der Waals surface area contributed by atoms with Gasteiger partial charge in [-0.3, -0.25) is 4.79 Å². The summed E-state index contributed by atoms with van der Waals surface area (Å²) in [6, 6.07) is 10.2. The number of methoxy groups -OCH3 is 2. The van der Waals surface area contributed by atoms with Gasteiger partial charge in [-0.05, 0) is 24.3 Å². The molecule has 2 aromatic rings. The molecule has 0 heterocycles. The molecule has 25 heavy (non-hydrogen) atoms. The van der Waals surface area contributed by atoms with Gasteiger partial charge in [0.15, 0.2) is 18.1 Å². The Labute approximate surface area is 155 Å². The number of hydrogen-bond acceptors (Lipinski definition) is 5. The molecule has 0 unspecified atom stereocenters. The van der Waals surface area contributed by atoms with E-state index in [9.17, 15) is 4.79 Å². The van der Waals surface area contributed by atoms with Crippen molar-refractivity contribution in [2.75, 3.05) is 20.8 Å². The second-order valence-electron chi connectivity index (χ2n) is 4.72. The zero-order chi connectivity index (χ0) is 18.2. The van der Waals surface area contributed by atoms with Gasteiger partial charge < -0.3 is 14.2 Å². The zero-order valence-corrected chi connectivity index (χ0v) is 15.1. The highest BCUT2D eigenvalue weighted by atomic mass is 35.5. The van der Waals surface area contributed by atoms with Crippen molar-refractivity contribution in [3.63, 3.8) is 0 Å². The molecule has 0 aliphatic carbocycles. The van der Waals surface area contributed by atoms with E-state index < -0.39 is 5.91 Å². The van der Waals surface area contributed by atoms with E-state index >= 15 is 0 Å². The number of carbonyl (C=O) groups excluding carboxylic acids is 1. The fourth-order valence-corrected chi connectivity index (χ4v) is 2.30. The molecular weight excluding hydrogens is 367 g/mol. The average molecular weight is 383 g/mol. The van der Waals surface area contributed by atoms with Crippen LogP contribution in [-0.4, -0.2) is 32.9 Å². The third-order valence-electron chi connectivity index (χ3n) is 3.10. The molecule has 0 aromatic heterocycles. The molecule has 0 fully saturated rings. The SMILES string of the molecule is COc1cccc(/C=N\NC(=O)COc2cccc(Cl)c2Cl)c1OC. The number of benzene rings is 2. The van der Waals surface area contributed by atoms with Crippen molar-refractivity contribution in [1.82, 2.24) is 5.43 Å². The van der Waals surface area contributed by atoms with E-state index in [1.807, 2.05) is 0 Å². The highest BCUT2D eigenvalue weighted by Gasteiger charge is 2.09. The van der Waals surface area contributed by atoms with Crippen molar-refractivity contribution in [2.24, 2.45) is 5.10 Å². The van der Waals surface area contributed by atoms with Crippen LogP contribution in [0.1, 0.15) is 5.56 Å². The molecule has 1 N–H and O–H groups in total. The van der Waals surface area contributed by atoms with E-state index in [-0.39, 0.29) is 11.6 Å². The Bertz CT molecular complexity index is 781. The molecule has 0 radical (unpaired) electrons. The normalized spacial score (nSPS) is 10.6. The summed E-state index contributed by atoms with van der Waals surface area (Å²) in [6.07, 6.45) is 1.45. The second-order valence-corrected chi connectivity index (χ2v) is 5.50. The molecule has 0 saturated carbocycles. The summed E-state index contributed by atoms with van der Waals surface area (Å²) in [5, 5.41) is 4.48. The minimum absolute atomic E-state index is 0.251. The maximum absolute atomic E-state index is 11.8. The highest BCUT2D eigenvalue weighted by molar-refractivity contribution is 6.42. The number of hydrazone groups is 1. The summed E-state index contributed by atoms with van der Waals surface area (Å²) >= 11 is 11.9. The van der Waals surface area contributed by atoms with Gasteiger partial charge in [0.2, 0.25) is 0 Å². The Hall–Kier alpha value is -2.44. The first kappa shape index (κ1) is 18.9. The van der Waals surface area contributed by atoms with E-state index in [0.29, 0.717) is 27.8 Å². The maximum Gasteiger partial charge on any atom is 0.277 e. The minimum Gasteiger partial charge on any atom is -0.493 e. The largest absolute Gasteiger partial charge is 0.493 e. The number of hydrogen-bond donors (Lipinski definition) is 1. The quantitative estimate of drug-likeness (QED) is 0.587. The zero-order valence-electron chi connectivity index (χ0n) is 13.6. The van der Waals surface area contributed by atoms with Crippen molar-refractivity contribution in [1.29, 1.82) is 0 Å². The van der Waals surface area contributed by atoms with Crippen LogP contribution in [0, 0.1) is 0 Å². The van der Waals surface area contributed by atoms with Crippen molar-refractivity contribution >= 4 is 35.3 Å². The number of nitrogens with one attached hydrogen (secondary N) is 1. The summed E-state index contributed by atoms with van der Waals surface area (Å²) in [4.78, 5) is 11.8. The van der Waals surface area contributed by atoms with Gasteiger partial charge in [0, 0.05) is 5.56 Å². The lowest BCUT2D eigenvalue weighted by atomic mass is 10.2. The predicted molar refractivity (Wildman–Crippen MR) is 97.2 cm³/mol. The summed E-state index contributed by atoms with van der Waals surface area (Å²) in [5.74, 6) is 0.957. The topological polar surface area (TPSA) is 69.2 Å². The van der Waals surface area contributed by atoms with E-state index in [1.54, 1.807) is 43.5 Å².